The Morgan fingerprint density at radius 3 is 2.32 bits per heavy atom. The van der Waals surface area contributed by atoms with Crippen molar-refractivity contribution in [2.24, 2.45) is 0 Å². The largest absolute Gasteiger partial charge is 0.480 e. The molecule has 0 aliphatic carbocycles. The number of aromatic nitrogens is 1. The Hall–Kier alpha value is -2.70. The monoisotopic (exact) mass is 264 g/mol. The zero-order chi connectivity index (χ0) is 14.3. The van der Waals surface area contributed by atoms with Crippen molar-refractivity contribution in [3.63, 3.8) is 0 Å². The molecule has 0 saturated carbocycles. The number of carbonyl (C=O) groups is 3. The second-order valence-corrected chi connectivity index (χ2v) is 3.60. The number of carboxylic acid groups (broad SMARTS) is 2. The first-order chi connectivity index (χ1) is 8.99. The number of rotatable bonds is 6. The minimum atomic E-state index is -1.27. The predicted molar refractivity (Wildman–Crippen MR) is 65.1 cm³/mol. The average molecular weight is 264 g/mol. The first-order valence-corrected chi connectivity index (χ1v) is 5.29. The van der Waals surface area contributed by atoms with Crippen LogP contribution in [0, 0.1) is 0 Å². The number of carbonyl (C=O) groups excluding carboxylic acids is 1. The molecule has 0 atom stereocenters. The maximum atomic E-state index is 11.7. The van der Waals surface area contributed by atoms with Crippen LogP contribution in [0.1, 0.15) is 5.56 Å². The second kappa shape index (κ2) is 6.90. The topological polar surface area (TPSA) is 108 Å². The molecule has 19 heavy (non-hydrogen) atoms. The lowest BCUT2D eigenvalue weighted by Gasteiger charge is -2.15. The summed E-state index contributed by atoms with van der Waals surface area (Å²) >= 11 is 0. The molecular weight excluding hydrogens is 252 g/mol. The normalized spacial score (nSPS) is 10.3. The SMILES string of the molecule is O=C(O)CN(CC(=O)O)C(=O)C=Cc1cccnc1. The molecule has 7 nitrogen and oxygen atoms in total. The summed E-state index contributed by atoms with van der Waals surface area (Å²) in [6, 6.07) is 3.38. The smallest absolute Gasteiger partial charge is 0.323 e. The molecule has 1 heterocycles. The summed E-state index contributed by atoms with van der Waals surface area (Å²) in [6.07, 6.45) is 5.64. The molecule has 0 radical (unpaired) electrons. The van der Waals surface area contributed by atoms with E-state index in [1.807, 2.05) is 0 Å². The highest BCUT2D eigenvalue weighted by atomic mass is 16.4. The van der Waals surface area contributed by atoms with Gasteiger partial charge in [0.1, 0.15) is 13.1 Å². The molecule has 1 aromatic rings. The van der Waals surface area contributed by atoms with Gasteiger partial charge < -0.3 is 15.1 Å². The minimum absolute atomic E-state index is 0.654. The number of hydrogen-bond acceptors (Lipinski definition) is 4. The first-order valence-electron chi connectivity index (χ1n) is 5.29. The van der Waals surface area contributed by atoms with E-state index in [4.69, 9.17) is 10.2 Å². The minimum Gasteiger partial charge on any atom is -0.480 e. The van der Waals surface area contributed by atoms with E-state index in [1.165, 1.54) is 12.3 Å². The summed E-state index contributed by atoms with van der Waals surface area (Å²) < 4.78 is 0. The third kappa shape index (κ3) is 5.44. The summed E-state index contributed by atoms with van der Waals surface area (Å²) in [5, 5.41) is 17.2. The molecule has 7 heteroatoms. The van der Waals surface area contributed by atoms with E-state index in [1.54, 1.807) is 18.3 Å². The molecule has 0 fully saturated rings. The lowest BCUT2D eigenvalue weighted by atomic mass is 10.2. The molecule has 1 amide bonds. The molecule has 1 rings (SSSR count). The van der Waals surface area contributed by atoms with Gasteiger partial charge in [0.05, 0.1) is 0 Å². The molecule has 0 aliphatic rings. The van der Waals surface area contributed by atoms with Crippen LogP contribution in [-0.2, 0) is 14.4 Å². The molecular formula is C12H12N2O5. The molecule has 0 aliphatic heterocycles. The Kier molecular flexibility index (Phi) is 5.21. The summed E-state index contributed by atoms with van der Waals surface area (Å²) in [4.78, 5) is 37.3. The van der Waals surface area contributed by atoms with Gasteiger partial charge in [0, 0.05) is 18.5 Å². The van der Waals surface area contributed by atoms with Crippen molar-refractivity contribution in [1.29, 1.82) is 0 Å². The van der Waals surface area contributed by atoms with Gasteiger partial charge in [0.25, 0.3) is 0 Å². The number of amides is 1. The van der Waals surface area contributed by atoms with E-state index in [9.17, 15) is 14.4 Å². The summed E-state index contributed by atoms with van der Waals surface area (Å²) in [5.41, 5.74) is 0.654. The number of carboxylic acids is 2. The molecule has 0 aromatic carbocycles. The zero-order valence-electron chi connectivity index (χ0n) is 9.89. The molecule has 0 spiro atoms. The van der Waals surface area contributed by atoms with Crippen LogP contribution in [0.3, 0.4) is 0 Å². The highest BCUT2D eigenvalue weighted by molar-refractivity contribution is 5.95. The molecule has 2 N–H and O–H groups in total. The van der Waals surface area contributed by atoms with Crippen molar-refractivity contribution < 1.29 is 24.6 Å². The van der Waals surface area contributed by atoms with Crippen LogP contribution in [0.2, 0.25) is 0 Å². The van der Waals surface area contributed by atoms with Gasteiger partial charge in [-0.05, 0) is 17.7 Å². The van der Waals surface area contributed by atoms with Crippen LogP contribution in [0.25, 0.3) is 6.08 Å². The molecule has 1 aromatic heterocycles. The number of pyridine rings is 1. The van der Waals surface area contributed by atoms with Gasteiger partial charge in [-0.1, -0.05) is 6.07 Å². The highest BCUT2D eigenvalue weighted by Gasteiger charge is 2.17. The van der Waals surface area contributed by atoms with Crippen LogP contribution in [0.5, 0.6) is 0 Å². The number of nitrogens with zero attached hydrogens (tertiary/aromatic N) is 2. The fraction of sp³-hybridized carbons (Fsp3) is 0.167. The van der Waals surface area contributed by atoms with Crippen molar-refractivity contribution >= 4 is 23.9 Å². The Labute approximate surface area is 108 Å². The molecule has 0 unspecified atom stereocenters. The summed E-state index contributed by atoms with van der Waals surface area (Å²) in [5.74, 6) is -3.23. The van der Waals surface area contributed by atoms with Crippen LogP contribution >= 0.6 is 0 Å². The maximum Gasteiger partial charge on any atom is 0.323 e. The quantitative estimate of drug-likeness (QED) is 0.705. The zero-order valence-corrected chi connectivity index (χ0v) is 9.89. The third-order valence-electron chi connectivity index (χ3n) is 2.07. The van der Waals surface area contributed by atoms with Gasteiger partial charge in [-0.25, -0.2) is 0 Å². The molecule has 0 saturated heterocycles. The van der Waals surface area contributed by atoms with Crippen molar-refractivity contribution in [2.75, 3.05) is 13.1 Å². The Balaban J connectivity index is 2.73. The maximum absolute atomic E-state index is 11.7. The highest BCUT2D eigenvalue weighted by Crippen LogP contribution is 2.00. The lowest BCUT2D eigenvalue weighted by molar-refractivity contribution is -0.147. The van der Waals surface area contributed by atoms with Crippen LogP contribution < -0.4 is 0 Å². The van der Waals surface area contributed by atoms with E-state index < -0.39 is 30.9 Å². The van der Waals surface area contributed by atoms with E-state index in [-0.39, 0.29) is 0 Å². The van der Waals surface area contributed by atoms with Crippen molar-refractivity contribution in [1.82, 2.24) is 9.88 Å². The van der Waals surface area contributed by atoms with Gasteiger partial charge in [0.15, 0.2) is 0 Å². The molecule has 100 valence electrons. The fourth-order valence-electron chi connectivity index (χ4n) is 1.29. The van der Waals surface area contributed by atoms with Gasteiger partial charge in [0.2, 0.25) is 5.91 Å². The Bertz CT molecular complexity index is 482. The number of aliphatic carboxylic acids is 2. The van der Waals surface area contributed by atoms with Gasteiger partial charge in [-0.2, -0.15) is 0 Å². The second-order valence-electron chi connectivity index (χ2n) is 3.60. The Morgan fingerprint density at radius 2 is 1.84 bits per heavy atom. The van der Waals surface area contributed by atoms with Crippen molar-refractivity contribution in [3.8, 4) is 0 Å². The summed E-state index contributed by atoms with van der Waals surface area (Å²) in [6.45, 7) is -1.33. The van der Waals surface area contributed by atoms with E-state index >= 15 is 0 Å². The van der Waals surface area contributed by atoms with E-state index in [0.29, 0.717) is 5.56 Å². The first kappa shape index (κ1) is 14.4. The standard InChI is InChI=1S/C12H12N2O5/c15-10(4-3-9-2-1-5-13-6-9)14(7-11(16)17)8-12(18)19/h1-6H,7-8H2,(H,16,17)(H,18,19). The van der Waals surface area contributed by atoms with Crippen molar-refractivity contribution in [2.45, 2.75) is 0 Å². The summed E-state index contributed by atoms with van der Waals surface area (Å²) in [7, 11) is 0. The van der Waals surface area contributed by atoms with Gasteiger partial charge >= 0.3 is 11.9 Å². The number of hydrogen-bond donors (Lipinski definition) is 2. The van der Waals surface area contributed by atoms with Crippen molar-refractivity contribution in [3.05, 3.63) is 36.2 Å². The van der Waals surface area contributed by atoms with Crippen LogP contribution in [0.15, 0.2) is 30.6 Å². The Morgan fingerprint density at radius 1 is 1.21 bits per heavy atom. The lowest BCUT2D eigenvalue weighted by Crippen LogP contribution is -2.38. The third-order valence-corrected chi connectivity index (χ3v) is 2.07. The average Bonchev–Trinajstić information content (AvgIpc) is 2.35. The molecule has 0 bridgehead atoms. The van der Waals surface area contributed by atoms with Crippen LogP contribution in [0.4, 0.5) is 0 Å². The van der Waals surface area contributed by atoms with E-state index in [2.05, 4.69) is 4.98 Å². The van der Waals surface area contributed by atoms with Crippen LogP contribution in [-0.4, -0.2) is 51.0 Å². The van der Waals surface area contributed by atoms with E-state index in [0.717, 1.165) is 11.0 Å². The fourth-order valence-corrected chi connectivity index (χ4v) is 1.29. The predicted octanol–water partition coefficient (Wildman–Crippen LogP) is 0.0926. The van der Waals surface area contributed by atoms with Gasteiger partial charge in [-0.3, -0.25) is 19.4 Å². The van der Waals surface area contributed by atoms with Gasteiger partial charge in [-0.15, -0.1) is 0 Å².